The predicted molar refractivity (Wildman–Crippen MR) is 77.8 cm³/mol. The van der Waals surface area contributed by atoms with E-state index in [1.165, 1.54) is 31.4 Å². The molecule has 3 heteroatoms. The number of nitriles is 1. The summed E-state index contributed by atoms with van der Waals surface area (Å²) < 4.78 is 13.2. The van der Waals surface area contributed by atoms with Crippen molar-refractivity contribution in [3.63, 3.8) is 0 Å². The minimum Gasteiger partial charge on any atom is -0.380 e. The van der Waals surface area contributed by atoms with Gasteiger partial charge in [-0.25, -0.2) is 4.39 Å². The van der Waals surface area contributed by atoms with Crippen LogP contribution in [0.15, 0.2) is 18.2 Å². The maximum Gasteiger partial charge on any atom is 0.124 e. The smallest absolute Gasteiger partial charge is 0.124 e. The van der Waals surface area contributed by atoms with E-state index in [2.05, 4.69) is 32.2 Å². The lowest BCUT2D eigenvalue weighted by Gasteiger charge is -2.43. The maximum absolute atomic E-state index is 13.2. The standard InChI is InChI=1S/C17H21FN2/c1-16(2)12-6-7-17(3,9-12)15(16)20-14-5-4-13(18)8-11(14)10-19/h4-5,8,12,15,20H,6-7,9H2,1-3H3/t12-,15?,17+/m0/s1. The van der Waals surface area contributed by atoms with Crippen molar-refractivity contribution in [3.05, 3.63) is 29.6 Å². The van der Waals surface area contributed by atoms with Crippen LogP contribution in [0.3, 0.4) is 0 Å². The predicted octanol–water partition coefficient (Wildman–Crippen LogP) is 4.32. The molecule has 20 heavy (non-hydrogen) atoms. The molecule has 0 saturated heterocycles. The summed E-state index contributed by atoms with van der Waals surface area (Å²) in [5, 5.41) is 12.7. The summed E-state index contributed by atoms with van der Waals surface area (Å²) in [7, 11) is 0. The lowest BCUT2D eigenvalue weighted by atomic mass is 9.68. The van der Waals surface area contributed by atoms with E-state index < -0.39 is 0 Å². The third-order valence-corrected chi connectivity index (χ3v) is 5.67. The molecule has 0 aromatic heterocycles. The Hall–Kier alpha value is -1.56. The molecule has 2 nitrogen and oxygen atoms in total. The van der Waals surface area contributed by atoms with Crippen LogP contribution in [-0.2, 0) is 0 Å². The highest BCUT2D eigenvalue weighted by atomic mass is 19.1. The van der Waals surface area contributed by atoms with Crippen LogP contribution in [0.25, 0.3) is 0 Å². The molecule has 3 rings (SSSR count). The second kappa shape index (κ2) is 4.22. The zero-order chi connectivity index (χ0) is 14.5. The van der Waals surface area contributed by atoms with Gasteiger partial charge in [-0.1, -0.05) is 20.8 Å². The fourth-order valence-corrected chi connectivity index (χ4v) is 4.55. The molecule has 2 fully saturated rings. The maximum atomic E-state index is 13.2. The first-order valence-corrected chi connectivity index (χ1v) is 7.33. The van der Waals surface area contributed by atoms with E-state index in [4.69, 9.17) is 0 Å². The van der Waals surface area contributed by atoms with Crippen LogP contribution >= 0.6 is 0 Å². The van der Waals surface area contributed by atoms with Crippen LogP contribution in [-0.4, -0.2) is 6.04 Å². The van der Waals surface area contributed by atoms with Gasteiger partial charge in [-0.05, 0) is 54.2 Å². The first-order valence-electron chi connectivity index (χ1n) is 7.33. The minimum atomic E-state index is -0.356. The molecule has 3 atom stereocenters. The molecular formula is C17H21FN2. The van der Waals surface area contributed by atoms with Gasteiger partial charge in [-0.3, -0.25) is 0 Å². The molecule has 1 aromatic carbocycles. The van der Waals surface area contributed by atoms with Gasteiger partial charge in [0.25, 0.3) is 0 Å². The number of nitrogens with zero attached hydrogens (tertiary/aromatic N) is 1. The van der Waals surface area contributed by atoms with Crippen molar-refractivity contribution in [2.75, 3.05) is 5.32 Å². The van der Waals surface area contributed by atoms with E-state index in [9.17, 15) is 9.65 Å². The van der Waals surface area contributed by atoms with Crippen molar-refractivity contribution in [2.45, 2.75) is 46.1 Å². The van der Waals surface area contributed by atoms with Gasteiger partial charge < -0.3 is 5.32 Å². The Bertz CT molecular complexity index is 582. The Morgan fingerprint density at radius 2 is 2.10 bits per heavy atom. The van der Waals surface area contributed by atoms with E-state index in [-0.39, 0.29) is 16.6 Å². The van der Waals surface area contributed by atoms with Gasteiger partial charge in [-0.15, -0.1) is 0 Å². The van der Waals surface area contributed by atoms with Gasteiger partial charge in [0.15, 0.2) is 0 Å². The lowest BCUT2D eigenvalue weighted by molar-refractivity contribution is 0.155. The molecule has 1 unspecified atom stereocenters. The van der Waals surface area contributed by atoms with Crippen molar-refractivity contribution in [1.82, 2.24) is 0 Å². The van der Waals surface area contributed by atoms with E-state index >= 15 is 0 Å². The number of hydrogen-bond acceptors (Lipinski definition) is 2. The van der Waals surface area contributed by atoms with Crippen LogP contribution in [0.2, 0.25) is 0 Å². The van der Waals surface area contributed by atoms with Gasteiger partial charge >= 0.3 is 0 Å². The van der Waals surface area contributed by atoms with Crippen molar-refractivity contribution >= 4 is 5.69 Å². The number of nitrogens with one attached hydrogen (secondary N) is 1. The molecule has 0 aliphatic heterocycles. The zero-order valence-corrected chi connectivity index (χ0v) is 12.3. The van der Waals surface area contributed by atoms with Gasteiger partial charge in [0.2, 0.25) is 0 Å². The number of hydrogen-bond donors (Lipinski definition) is 1. The minimum absolute atomic E-state index is 0.216. The highest BCUT2D eigenvalue weighted by Crippen LogP contribution is 2.63. The molecule has 0 spiro atoms. The van der Waals surface area contributed by atoms with Crippen LogP contribution in [0, 0.1) is 33.9 Å². The molecule has 0 radical (unpaired) electrons. The first-order chi connectivity index (χ1) is 9.37. The van der Waals surface area contributed by atoms with Crippen molar-refractivity contribution in [1.29, 1.82) is 5.26 Å². The molecule has 1 N–H and O–H groups in total. The SMILES string of the molecule is CC1(C)C(Nc2ccc(F)cc2C#N)[C@]2(C)CC[C@H]1C2. The highest BCUT2D eigenvalue weighted by Gasteiger charge is 2.59. The third-order valence-electron chi connectivity index (χ3n) is 5.67. The third kappa shape index (κ3) is 1.82. The van der Waals surface area contributed by atoms with Gasteiger partial charge in [0.1, 0.15) is 11.9 Å². The van der Waals surface area contributed by atoms with Gasteiger partial charge in [0, 0.05) is 6.04 Å². The number of fused-ring (bicyclic) bond motifs is 2. The average molecular weight is 272 g/mol. The normalized spacial score (nSPS) is 34.0. The zero-order valence-electron chi connectivity index (χ0n) is 12.3. The number of anilines is 1. The van der Waals surface area contributed by atoms with E-state index in [1.807, 2.05) is 0 Å². The van der Waals surface area contributed by atoms with E-state index in [1.54, 1.807) is 6.07 Å². The van der Waals surface area contributed by atoms with Crippen LogP contribution in [0.4, 0.5) is 10.1 Å². The molecule has 2 bridgehead atoms. The quantitative estimate of drug-likeness (QED) is 0.870. The van der Waals surface area contributed by atoms with Crippen molar-refractivity contribution in [3.8, 4) is 6.07 Å². The second-order valence-corrected chi connectivity index (χ2v) is 7.29. The summed E-state index contributed by atoms with van der Waals surface area (Å²) in [5.74, 6) is 0.390. The molecule has 0 heterocycles. The highest BCUT2D eigenvalue weighted by molar-refractivity contribution is 5.58. The molecular weight excluding hydrogens is 251 g/mol. The Morgan fingerprint density at radius 3 is 2.70 bits per heavy atom. The van der Waals surface area contributed by atoms with Gasteiger partial charge in [0.05, 0.1) is 11.3 Å². The second-order valence-electron chi connectivity index (χ2n) is 7.29. The monoisotopic (exact) mass is 272 g/mol. The molecule has 106 valence electrons. The Kier molecular flexibility index (Phi) is 2.83. The number of benzene rings is 1. The van der Waals surface area contributed by atoms with E-state index in [0.29, 0.717) is 11.6 Å². The van der Waals surface area contributed by atoms with Crippen LogP contribution in [0.5, 0.6) is 0 Å². The molecule has 0 amide bonds. The summed E-state index contributed by atoms with van der Waals surface area (Å²) in [6, 6.07) is 6.86. The molecule has 2 saturated carbocycles. The van der Waals surface area contributed by atoms with Crippen molar-refractivity contribution in [2.24, 2.45) is 16.7 Å². The summed E-state index contributed by atoms with van der Waals surface area (Å²) in [6.45, 7) is 6.97. The fourth-order valence-electron chi connectivity index (χ4n) is 4.55. The van der Waals surface area contributed by atoms with Gasteiger partial charge in [-0.2, -0.15) is 5.26 Å². The molecule has 2 aliphatic carbocycles. The summed E-state index contributed by atoms with van der Waals surface area (Å²) in [5.41, 5.74) is 1.66. The van der Waals surface area contributed by atoms with E-state index in [0.717, 1.165) is 11.6 Å². The lowest BCUT2D eigenvalue weighted by Crippen LogP contribution is -2.45. The topological polar surface area (TPSA) is 35.8 Å². The summed E-state index contributed by atoms with van der Waals surface area (Å²) in [6.07, 6.45) is 3.79. The van der Waals surface area contributed by atoms with Crippen molar-refractivity contribution < 1.29 is 4.39 Å². The summed E-state index contributed by atoms with van der Waals surface area (Å²) in [4.78, 5) is 0. The molecule has 2 aliphatic rings. The number of rotatable bonds is 2. The molecule has 1 aromatic rings. The first kappa shape index (κ1) is 13.4. The fraction of sp³-hybridized carbons (Fsp3) is 0.588. The number of halogens is 1. The Labute approximate surface area is 120 Å². The summed E-state index contributed by atoms with van der Waals surface area (Å²) >= 11 is 0. The Morgan fingerprint density at radius 1 is 1.35 bits per heavy atom. The van der Waals surface area contributed by atoms with Crippen LogP contribution in [0.1, 0.15) is 45.6 Å². The van der Waals surface area contributed by atoms with Crippen LogP contribution < -0.4 is 5.32 Å². The average Bonchev–Trinajstić information content (AvgIpc) is 2.87. The largest absolute Gasteiger partial charge is 0.380 e. The Balaban J connectivity index is 1.94.